The van der Waals surface area contributed by atoms with Crippen LogP contribution in [0, 0.1) is 17.8 Å². The minimum atomic E-state index is -0.184. The number of carbonyl (C=O) groups excluding carboxylic acids is 2. The summed E-state index contributed by atoms with van der Waals surface area (Å²) in [6.45, 7) is 7.55. The Morgan fingerprint density at radius 3 is 2.14 bits per heavy atom. The van der Waals surface area contributed by atoms with Gasteiger partial charge >= 0.3 is 6.09 Å². The smallest absolute Gasteiger partial charge is 0.410 e. The van der Waals surface area contributed by atoms with Crippen molar-refractivity contribution in [2.24, 2.45) is 17.8 Å². The predicted octanol–water partition coefficient (Wildman–Crippen LogP) is 1.96. The van der Waals surface area contributed by atoms with E-state index in [0.29, 0.717) is 43.6 Å². The van der Waals surface area contributed by atoms with Gasteiger partial charge in [0.2, 0.25) is 5.91 Å². The van der Waals surface area contributed by atoms with Gasteiger partial charge in [-0.2, -0.15) is 0 Å². The Kier molecular flexibility index (Phi) is 5.45. The molecule has 2 amide bonds. The second-order valence-corrected chi connectivity index (χ2v) is 9.62. The fraction of sp³-hybridized carbons (Fsp3) is 0.909. The van der Waals surface area contributed by atoms with Crippen LogP contribution in [0.2, 0.25) is 0 Å². The number of morpholine rings is 1. The van der Waals surface area contributed by atoms with Gasteiger partial charge in [-0.25, -0.2) is 4.79 Å². The summed E-state index contributed by atoms with van der Waals surface area (Å²) in [7, 11) is 0. The Morgan fingerprint density at radius 2 is 1.55 bits per heavy atom. The molecule has 162 valence electrons. The molecule has 4 aliphatic heterocycles. The second kappa shape index (κ2) is 8.06. The molecule has 0 aromatic heterocycles. The standard InChI is InChI=1S/C22H35N3O4/c1-2-29-22(27)25-16-9-15(10-17(25)14-28-13-16)24-11-18-19(12-24)20(18)21(26)23-7-5-3-4-6-8-23/h15-20H,2-14H2,1H3/t15?,16?,17?,18-,19+,20?. The molecule has 4 heterocycles. The average molecular weight is 406 g/mol. The summed E-state index contributed by atoms with van der Waals surface area (Å²) in [5.41, 5.74) is 0. The van der Waals surface area contributed by atoms with Crippen LogP contribution in [-0.2, 0) is 14.3 Å². The summed E-state index contributed by atoms with van der Waals surface area (Å²) in [6.07, 6.45) is 6.61. The molecule has 0 radical (unpaired) electrons. The number of amides is 2. The highest BCUT2D eigenvalue weighted by molar-refractivity contribution is 5.82. The molecule has 5 fully saturated rings. The Bertz CT molecular complexity index is 610. The quantitative estimate of drug-likeness (QED) is 0.718. The molecule has 5 atom stereocenters. The van der Waals surface area contributed by atoms with Crippen molar-refractivity contribution < 1.29 is 19.1 Å². The third-order valence-corrected chi connectivity index (χ3v) is 7.92. The molecule has 0 aromatic rings. The third-order valence-electron chi connectivity index (χ3n) is 7.92. The lowest BCUT2D eigenvalue weighted by Crippen LogP contribution is -2.62. The van der Waals surface area contributed by atoms with E-state index < -0.39 is 0 Å². The molecular formula is C22H35N3O4. The fourth-order valence-electron chi connectivity index (χ4n) is 6.41. The molecule has 29 heavy (non-hydrogen) atoms. The van der Waals surface area contributed by atoms with Gasteiger partial charge < -0.3 is 14.4 Å². The van der Waals surface area contributed by atoms with Crippen LogP contribution in [0.5, 0.6) is 0 Å². The first-order valence-corrected chi connectivity index (χ1v) is 11.7. The van der Waals surface area contributed by atoms with Gasteiger partial charge in [-0.1, -0.05) is 12.8 Å². The lowest BCUT2D eigenvalue weighted by atomic mass is 9.89. The summed E-state index contributed by atoms with van der Waals surface area (Å²) in [4.78, 5) is 32.1. The van der Waals surface area contributed by atoms with E-state index in [-0.39, 0.29) is 24.1 Å². The summed E-state index contributed by atoms with van der Waals surface area (Å²) < 4.78 is 11.0. The van der Waals surface area contributed by atoms with E-state index in [0.717, 1.165) is 39.0 Å². The molecule has 0 spiro atoms. The zero-order valence-corrected chi connectivity index (χ0v) is 17.6. The van der Waals surface area contributed by atoms with Crippen LogP contribution in [0.1, 0.15) is 45.4 Å². The van der Waals surface area contributed by atoms with E-state index in [1.165, 1.54) is 25.7 Å². The van der Waals surface area contributed by atoms with Gasteiger partial charge in [0.05, 0.1) is 31.9 Å². The van der Waals surface area contributed by atoms with Gasteiger partial charge in [-0.3, -0.25) is 14.6 Å². The number of ether oxygens (including phenoxy) is 2. The molecule has 1 aliphatic carbocycles. The van der Waals surface area contributed by atoms with Crippen LogP contribution in [0.3, 0.4) is 0 Å². The number of carbonyl (C=O) groups is 2. The Labute approximate surface area is 173 Å². The number of rotatable bonds is 3. The highest BCUT2D eigenvalue weighted by Gasteiger charge is 2.61. The highest BCUT2D eigenvalue weighted by atomic mass is 16.6. The van der Waals surface area contributed by atoms with Gasteiger partial charge in [-0.05, 0) is 44.4 Å². The van der Waals surface area contributed by atoms with Gasteiger partial charge in [0.25, 0.3) is 0 Å². The number of likely N-dealkylation sites (tertiary alicyclic amines) is 2. The molecule has 4 saturated heterocycles. The summed E-state index contributed by atoms with van der Waals surface area (Å²) in [6, 6.07) is 0.748. The Balaban J connectivity index is 1.16. The maximum atomic E-state index is 13.0. The van der Waals surface area contributed by atoms with Crippen molar-refractivity contribution in [1.82, 2.24) is 14.7 Å². The van der Waals surface area contributed by atoms with Crippen molar-refractivity contribution in [2.45, 2.75) is 63.6 Å². The maximum Gasteiger partial charge on any atom is 0.410 e. The van der Waals surface area contributed by atoms with Gasteiger partial charge in [0.1, 0.15) is 0 Å². The van der Waals surface area contributed by atoms with Crippen molar-refractivity contribution >= 4 is 12.0 Å². The van der Waals surface area contributed by atoms with Crippen LogP contribution in [-0.4, -0.2) is 90.8 Å². The zero-order valence-electron chi connectivity index (χ0n) is 17.6. The lowest BCUT2D eigenvalue weighted by Gasteiger charge is -2.49. The first kappa shape index (κ1) is 19.6. The van der Waals surface area contributed by atoms with Crippen LogP contribution in [0.4, 0.5) is 4.79 Å². The first-order valence-electron chi connectivity index (χ1n) is 11.7. The van der Waals surface area contributed by atoms with Crippen LogP contribution >= 0.6 is 0 Å². The van der Waals surface area contributed by atoms with E-state index >= 15 is 0 Å². The van der Waals surface area contributed by atoms with E-state index in [4.69, 9.17) is 9.47 Å². The molecule has 0 aromatic carbocycles. The van der Waals surface area contributed by atoms with Crippen molar-refractivity contribution in [1.29, 1.82) is 0 Å². The molecule has 7 heteroatoms. The van der Waals surface area contributed by atoms with Gasteiger partial charge in [0, 0.05) is 38.1 Å². The monoisotopic (exact) mass is 405 g/mol. The second-order valence-electron chi connectivity index (χ2n) is 9.62. The van der Waals surface area contributed by atoms with Crippen LogP contribution in [0.15, 0.2) is 0 Å². The summed E-state index contributed by atoms with van der Waals surface area (Å²) in [5, 5.41) is 0. The van der Waals surface area contributed by atoms with Crippen molar-refractivity contribution in [3.63, 3.8) is 0 Å². The molecule has 1 saturated carbocycles. The van der Waals surface area contributed by atoms with Gasteiger partial charge in [-0.15, -0.1) is 0 Å². The Morgan fingerprint density at radius 1 is 0.931 bits per heavy atom. The van der Waals surface area contributed by atoms with Crippen molar-refractivity contribution in [3.8, 4) is 0 Å². The SMILES string of the molecule is CCOC(=O)N1C2COCC1CC(N1C[C@@H]3C(C(=O)N4CCCCCC4)[C@@H]3C1)C2. The molecule has 5 aliphatic rings. The summed E-state index contributed by atoms with van der Waals surface area (Å²) >= 11 is 0. The highest BCUT2D eigenvalue weighted by Crippen LogP contribution is 2.54. The molecular weight excluding hydrogens is 370 g/mol. The maximum absolute atomic E-state index is 13.0. The van der Waals surface area contributed by atoms with Crippen molar-refractivity contribution in [3.05, 3.63) is 0 Å². The molecule has 5 rings (SSSR count). The van der Waals surface area contributed by atoms with Crippen molar-refractivity contribution in [2.75, 3.05) is 46.0 Å². The normalized spacial score (nSPS) is 39.6. The topological polar surface area (TPSA) is 62.3 Å². The van der Waals surface area contributed by atoms with E-state index in [1.807, 2.05) is 11.8 Å². The van der Waals surface area contributed by atoms with Gasteiger partial charge in [0.15, 0.2) is 0 Å². The molecule has 3 unspecified atom stereocenters. The fourth-order valence-corrected chi connectivity index (χ4v) is 6.41. The number of nitrogens with zero attached hydrogens (tertiary/aromatic N) is 3. The lowest BCUT2D eigenvalue weighted by molar-refractivity contribution is -0.133. The average Bonchev–Trinajstić information content (AvgIpc) is 3.33. The molecule has 0 N–H and O–H groups in total. The first-order chi connectivity index (χ1) is 14.2. The van der Waals surface area contributed by atoms with E-state index in [1.54, 1.807) is 0 Å². The number of piperidine rings is 2. The predicted molar refractivity (Wildman–Crippen MR) is 107 cm³/mol. The van der Waals surface area contributed by atoms with E-state index in [9.17, 15) is 9.59 Å². The number of hydrogen-bond donors (Lipinski definition) is 0. The van der Waals surface area contributed by atoms with Crippen LogP contribution in [0.25, 0.3) is 0 Å². The van der Waals surface area contributed by atoms with E-state index in [2.05, 4.69) is 9.80 Å². The zero-order chi connectivity index (χ0) is 20.0. The minimum Gasteiger partial charge on any atom is -0.450 e. The number of fused-ring (bicyclic) bond motifs is 3. The minimum absolute atomic E-state index is 0.123. The van der Waals surface area contributed by atoms with Crippen LogP contribution < -0.4 is 0 Å². The molecule has 7 nitrogen and oxygen atoms in total. The summed E-state index contributed by atoms with van der Waals surface area (Å²) in [5.74, 6) is 1.84. The number of hydrogen-bond acceptors (Lipinski definition) is 5. The molecule has 2 bridgehead atoms. The third kappa shape index (κ3) is 3.65. The Hall–Kier alpha value is -1.34. The largest absolute Gasteiger partial charge is 0.450 e.